The average Bonchev–Trinajstić information content (AvgIpc) is 2.67. The molecule has 0 aliphatic carbocycles. The van der Waals surface area contributed by atoms with Gasteiger partial charge >= 0.3 is 0 Å². The maximum atomic E-state index is 4.83. The van der Waals surface area contributed by atoms with Crippen LogP contribution in [0, 0.1) is 0 Å². The van der Waals surface area contributed by atoms with E-state index in [2.05, 4.69) is 124 Å². The van der Waals surface area contributed by atoms with Gasteiger partial charge in [-0.25, -0.2) is 0 Å². The Bertz CT molecular complexity index is 602. The van der Waals surface area contributed by atoms with E-state index in [4.69, 9.17) is 4.99 Å². The molecule has 0 unspecified atom stereocenters. The standard InChI is InChI=1S/C28H54N2Si2/c1-22(2)31(23(3)4,24(5)6)30(32(25(7)8,26(9)10)27(11)12)20-16-19-29-21-28-17-14-13-15-18-28/h13-15,17-18,21-27H,16,19-20H2,1-12H3. The predicted octanol–water partition coefficient (Wildman–Crippen LogP) is 9.15. The lowest BCUT2D eigenvalue weighted by molar-refractivity contribution is 0.488. The van der Waals surface area contributed by atoms with Gasteiger partial charge in [0, 0.05) is 12.8 Å². The van der Waals surface area contributed by atoms with Crippen molar-refractivity contribution >= 4 is 22.7 Å². The van der Waals surface area contributed by atoms with Crippen molar-refractivity contribution in [1.29, 1.82) is 0 Å². The number of aliphatic imine (C=N–C) groups is 1. The molecule has 1 aromatic rings. The molecule has 0 saturated heterocycles. The minimum absolute atomic E-state index is 0.749. The summed E-state index contributed by atoms with van der Waals surface area (Å²) in [5, 5.41) is 0. The lowest BCUT2D eigenvalue weighted by atomic mass is 10.2. The SMILES string of the molecule is CC(C)[Si](C(C)C)(C(C)C)N(CCCN=Cc1ccccc1)[Si](C(C)C)(C(C)C)C(C)C. The van der Waals surface area contributed by atoms with Gasteiger partial charge in [-0.05, 0) is 51.8 Å². The highest BCUT2D eigenvalue weighted by Crippen LogP contribution is 2.53. The van der Waals surface area contributed by atoms with Gasteiger partial charge in [-0.3, -0.25) is 4.99 Å². The van der Waals surface area contributed by atoms with Crippen molar-refractivity contribution in [2.24, 2.45) is 4.99 Å². The number of hydrogen-bond acceptors (Lipinski definition) is 2. The van der Waals surface area contributed by atoms with Gasteiger partial charge in [0.05, 0.1) is 0 Å². The van der Waals surface area contributed by atoms with E-state index in [1.165, 1.54) is 12.1 Å². The monoisotopic (exact) mass is 474 g/mol. The van der Waals surface area contributed by atoms with Crippen LogP contribution in [-0.4, -0.2) is 40.0 Å². The molecule has 4 heteroatoms. The molecule has 32 heavy (non-hydrogen) atoms. The van der Waals surface area contributed by atoms with Gasteiger partial charge in [0.1, 0.15) is 16.5 Å². The first-order valence-electron chi connectivity index (χ1n) is 13.2. The molecule has 2 nitrogen and oxygen atoms in total. The maximum absolute atomic E-state index is 4.83. The summed E-state index contributed by atoms with van der Waals surface area (Å²) in [6.45, 7) is 32.6. The first-order valence-corrected chi connectivity index (χ1v) is 17.6. The Hall–Kier alpha value is -0.716. The molecule has 0 fully saturated rings. The second-order valence-corrected chi connectivity index (χ2v) is 23.7. The van der Waals surface area contributed by atoms with Crippen molar-refractivity contribution in [2.75, 3.05) is 13.1 Å². The smallest absolute Gasteiger partial charge is 0.129 e. The number of rotatable bonds is 13. The second kappa shape index (κ2) is 12.7. The zero-order chi connectivity index (χ0) is 24.7. The number of nitrogens with zero attached hydrogens (tertiary/aromatic N) is 2. The lowest BCUT2D eigenvalue weighted by Crippen LogP contribution is -2.74. The minimum atomic E-state index is -1.76. The first-order chi connectivity index (χ1) is 14.9. The Morgan fingerprint density at radius 1 is 0.656 bits per heavy atom. The number of benzene rings is 1. The summed E-state index contributed by atoms with van der Waals surface area (Å²) in [7, 11) is -3.52. The molecule has 1 aromatic carbocycles. The Labute approximate surface area is 203 Å². The summed E-state index contributed by atoms with van der Waals surface area (Å²) in [6.07, 6.45) is 3.21. The summed E-state index contributed by atoms with van der Waals surface area (Å²) in [4.78, 5) is 4.83. The van der Waals surface area contributed by atoms with Crippen molar-refractivity contribution < 1.29 is 0 Å². The summed E-state index contributed by atoms with van der Waals surface area (Å²) in [6, 6.07) is 10.5. The van der Waals surface area contributed by atoms with Crippen LogP contribution < -0.4 is 0 Å². The zero-order valence-corrected chi connectivity index (χ0v) is 25.4. The van der Waals surface area contributed by atoms with Crippen molar-refractivity contribution in [3.8, 4) is 0 Å². The molecule has 0 spiro atoms. The molecule has 0 heterocycles. The van der Waals surface area contributed by atoms with E-state index < -0.39 is 16.5 Å². The third kappa shape index (κ3) is 5.85. The average molecular weight is 475 g/mol. The van der Waals surface area contributed by atoms with Gasteiger partial charge in [-0.1, -0.05) is 113 Å². The molecule has 0 saturated carbocycles. The third-order valence-electron chi connectivity index (χ3n) is 8.19. The van der Waals surface area contributed by atoms with Crippen LogP contribution in [0.25, 0.3) is 0 Å². The van der Waals surface area contributed by atoms with Crippen LogP contribution in [0.3, 0.4) is 0 Å². The Morgan fingerprint density at radius 3 is 1.38 bits per heavy atom. The molecule has 0 amide bonds. The van der Waals surface area contributed by atoms with Crippen LogP contribution >= 0.6 is 0 Å². The van der Waals surface area contributed by atoms with Gasteiger partial charge in [-0.15, -0.1) is 0 Å². The fourth-order valence-electron chi connectivity index (χ4n) is 7.62. The topological polar surface area (TPSA) is 15.6 Å². The van der Waals surface area contributed by atoms with Gasteiger partial charge in [0.25, 0.3) is 0 Å². The highest BCUT2D eigenvalue weighted by Gasteiger charge is 2.58. The minimum Gasteiger partial charge on any atom is -0.344 e. The molecule has 0 aromatic heterocycles. The molecule has 0 aliphatic heterocycles. The van der Waals surface area contributed by atoms with E-state index in [0.29, 0.717) is 0 Å². The van der Waals surface area contributed by atoms with E-state index in [1.54, 1.807) is 0 Å². The van der Waals surface area contributed by atoms with Crippen LogP contribution in [-0.2, 0) is 0 Å². The lowest BCUT2D eigenvalue weighted by Gasteiger charge is -2.63. The molecule has 184 valence electrons. The van der Waals surface area contributed by atoms with Gasteiger partial charge in [0.15, 0.2) is 0 Å². The normalized spacial score (nSPS) is 14.0. The second-order valence-electron chi connectivity index (χ2n) is 11.7. The van der Waals surface area contributed by atoms with Crippen molar-refractivity contribution in [1.82, 2.24) is 4.23 Å². The van der Waals surface area contributed by atoms with Gasteiger partial charge in [-0.2, -0.15) is 0 Å². The molecule has 1 rings (SSSR count). The van der Waals surface area contributed by atoms with Crippen LogP contribution in [0.15, 0.2) is 35.3 Å². The summed E-state index contributed by atoms with van der Waals surface area (Å²) >= 11 is 0. The zero-order valence-electron chi connectivity index (χ0n) is 23.4. The molecular formula is C28H54N2Si2. The maximum Gasteiger partial charge on any atom is 0.129 e. The highest BCUT2D eigenvalue weighted by molar-refractivity contribution is 6.96. The summed E-state index contributed by atoms with van der Waals surface area (Å²) in [5.74, 6) is 0. The largest absolute Gasteiger partial charge is 0.344 e. The first kappa shape index (κ1) is 29.3. The molecule has 0 atom stereocenters. The fraction of sp³-hybridized carbons (Fsp3) is 0.750. The quantitative estimate of drug-likeness (QED) is 0.158. The summed E-state index contributed by atoms with van der Waals surface area (Å²) < 4.78 is 3.28. The van der Waals surface area contributed by atoms with Crippen LogP contribution in [0.1, 0.15) is 95.1 Å². The van der Waals surface area contributed by atoms with Gasteiger partial charge in [0.2, 0.25) is 0 Å². The highest BCUT2D eigenvalue weighted by atomic mass is 28.4. The van der Waals surface area contributed by atoms with Crippen molar-refractivity contribution in [2.45, 2.75) is 123 Å². The summed E-state index contributed by atoms with van der Waals surface area (Å²) in [5.41, 5.74) is 5.69. The van der Waals surface area contributed by atoms with E-state index >= 15 is 0 Å². The number of hydrogen-bond donors (Lipinski definition) is 0. The molecule has 0 N–H and O–H groups in total. The van der Waals surface area contributed by atoms with Crippen molar-refractivity contribution in [3.63, 3.8) is 0 Å². The van der Waals surface area contributed by atoms with E-state index in [-0.39, 0.29) is 0 Å². The molecule has 0 aliphatic rings. The van der Waals surface area contributed by atoms with E-state index in [1.807, 2.05) is 0 Å². The molecule has 0 radical (unpaired) electrons. The van der Waals surface area contributed by atoms with Crippen molar-refractivity contribution in [3.05, 3.63) is 35.9 Å². The fourth-order valence-corrected chi connectivity index (χ4v) is 27.8. The Kier molecular flexibility index (Phi) is 11.6. The molecular weight excluding hydrogens is 420 g/mol. The van der Waals surface area contributed by atoms with Crippen LogP contribution in [0.5, 0.6) is 0 Å². The van der Waals surface area contributed by atoms with E-state index in [9.17, 15) is 0 Å². The van der Waals surface area contributed by atoms with Gasteiger partial charge < -0.3 is 4.23 Å². The predicted molar refractivity (Wildman–Crippen MR) is 152 cm³/mol. The third-order valence-corrected chi connectivity index (χ3v) is 23.9. The van der Waals surface area contributed by atoms with Crippen LogP contribution in [0.2, 0.25) is 33.2 Å². The Morgan fingerprint density at radius 2 is 1.03 bits per heavy atom. The molecule has 0 bridgehead atoms. The Balaban J connectivity index is 3.44. The van der Waals surface area contributed by atoms with Crippen LogP contribution in [0.4, 0.5) is 0 Å². The van der Waals surface area contributed by atoms with E-state index in [0.717, 1.165) is 46.2 Å².